The number of aliphatic imine (C=N–C) groups is 1. The summed E-state index contributed by atoms with van der Waals surface area (Å²) in [6, 6.07) is 0. The van der Waals surface area contributed by atoms with Crippen molar-refractivity contribution < 1.29 is 0 Å². The number of nitrogens with zero attached hydrogens (tertiary/aromatic N) is 4. The summed E-state index contributed by atoms with van der Waals surface area (Å²) in [6.07, 6.45) is 7.09. The van der Waals surface area contributed by atoms with Crippen LogP contribution in [0, 0.1) is 0 Å². The third-order valence-corrected chi connectivity index (χ3v) is 1.22. The van der Waals surface area contributed by atoms with E-state index in [0.29, 0.717) is 0 Å². The van der Waals surface area contributed by atoms with Crippen LogP contribution in [-0.4, -0.2) is 29.2 Å². The monoisotopic (exact) mass is 122 g/mol. The van der Waals surface area contributed by atoms with Crippen molar-refractivity contribution in [3.63, 3.8) is 0 Å². The number of rotatable bonds is 0. The Kier molecular flexibility index (Phi) is 0.798. The summed E-state index contributed by atoms with van der Waals surface area (Å²) >= 11 is 0. The summed E-state index contributed by atoms with van der Waals surface area (Å²) in [5.74, 6) is 0. The maximum absolute atomic E-state index is 4.01. The molecular formula is C5H6N4. The largest absolute Gasteiger partial charge is 0.249 e. The summed E-state index contributed by atoms with van der Waals surface area (Å²) in [4.78, 5) is 3.92. The Hall–Kier alpha value is -1.32. The van der Waals surface area contributed by atoms with Crippen molar-refractivity contribution in [2.75, 3.05) is 6.54 Å². The lowest BCUT2D eigenvalue weighted by Gasteiger charge is -2.22. The van der Waals surface area contributed by atoms with E-state index in [4.69, 9.17) is 0 Å². The van der Waals surface area contributed by atoms with Gasteiger partial charge in [-0.15, -0.1) is 0 Å². The molecule has 0 radical (unpaired) electrons. The van der Waals surface area contributed by atoms with Crippen molar-refractivity contribution >= 4 is 12.6 Å². The molecule has 0 aromatic rings. The second-order valence-electron chi connectivity index (χ2n) is 1.80. The average molecular weight is 122 g/mol. The molecule has 0 N–H and O–H groups in total. The van der Waals surface area contributed by atoms with Crippen LogP contribution >= 0.6 is 0 Å². The third kappa shape index (κ3) is 0.595. The molecule has 0 amide bonds. The van der Waals surface area contributed by atoms with Gasteiger partial charge in [0.05, 0.1) is 12.7 Å². The van der Waals surface area contributed by atoms with E-state index < -0.39 is 0 Å². The van der Waals surface area contributed by atoms with Gasteiger partial charge in [0.2, 0.25) is 0 Å². The van der Waals surface area contributed by atoms with E-state index in [2.05, 4.69) is 10.1 Å². The molecule has 0 saturated carbocycles. The SMILES string of the molecule is C1=CN2N=CCN2C=N1. The van der Waals surface area contributed by atoms with Crippen molar-refractivity contribution in [1.82, 2.24) is 10.1 Å². The second kappa shape index (κ2) is 1.58. The van der Waals surface area contributed by atoms with Gasteiger partial charge in [0.25, 0.3) is 0 Å². The molecule has 0 bridgehead atoms. The predicted molar refractivity (Wildman–Crippen MR) is 34.7 cm³/mol. The first-order chi connectivity index (χ1) is 4.47. The molecule has 2 heterocycles. The van der Waals surface area contributed by atoms with Gasteiger partial charge in [-0.1, -0.05) is 0 Å². The first kappa shape index (κ1) is 4.55. The van der Waals surface area contributed by atoms with E-state index in [1.165, 1.54) is 0 Å². The van der Waals surface area contributed by atoms with Crippen LogP contribution in [0.1, 0.15) is 0 Å². The fourth-order valence-corrected chi connectivity index (χ4v) is 0.792. The zero-order valence-electron chi connectivity index (χ0n) is 4.81. The van der Waals surface area contributed by atoms with Gasteiger partial charge in [-0.3, -0.25) is 0 Å². The Morgan fingerprint density at radius 3 is 3.33 bits per heavy atom. The minimum absolute atomic E-state index is 0.827. The van der Waals surface area contributed by atoms with Gasteiger partial charge in [-0.2, -0.15) is 10.2 Å². The molecular weight excluding hydrogens is 116 g/mol. The number of hydrazine groups is 1. The maximum Gasteiger partial charge on any atom is 0.112 e. The van der Waals surface area contributed by atoms with Crippen LogP contribution in [0.5, 0.6) is 0 Å². The normalized spacial score (nSPS) is 21.3. The van der Waals surface area contributed by atoms with E-state index in [1.807, 2.05) is 17.4 Å². The Morgan fingerprint density at radius 2 is 2.44 bits per heavy atom. The Morgan fingerprint density at radius 1 is 1.44 bits per heavy atom. The first-order valence-corrected chi connectivity index (χ1v) is 2.75. The van der Waals surface area contributed by atoms with E-state index >= 15 is 0 Å². The molecule has 9 heavy (non-hydrogen) atoms. The van der Waals surface area contributed by atoms with Crippen LogP contribution in [0.3, 0.4) is 0 Å². The highest BCUT2D eigenvalue weighted by Crippen LogP contribution is 2.05. The molecule has 46 valence electrons. The minimum atomic E-state index is 0.827. The van der Waals surface area contributed by atoms with Gasteiger partial charge in [0.15, 0.2) is 0 Å². The fraction of sp³-hybridized carbons (Fsp3) is 0.200. The molecule has 2 aliphatic rings. The van der Waals surface area contributed by atoms with E-state index in [-0.39, 0.29) is 0 Å². The van der Waals surface area contributed by atoms with Crippen LogP contribution in [0.15, 0.2) is 22.5 Å². The number of hydrogen-bond acceptors (Lipinski definition) is 4. The van der Waals surface area contributed by atoms with Crippen LogP contribution < -0.4 is 0 Å². The minimum Gasteiger partial charge on any atom is -0.249 e. The van der Waals surface area contributed by atoms with Gasteiger partial charge < -0.3 is 0 Å². The Labute approximate surface area is 52.7 Å². The van der Waals surface area contributed by atoms with Crippen LogP contribution in [-0.2, 0) is 0 Å². The topological polar surface area (TPSA) is 31.2 Å². The molecule has 0 saturated heterocycles. The van der Waals surface area contributed by atoms with Gasteiger partial charge in [0.1, 0.15) is 6.34 Å². The smallest absolute Gasteiger partial charge is 0.112 e. The van der Waals surface area contributed by atoms with Crippen LogP contribution in [0.25, 0.3) is 0 Å². The summed E-state index contributed by atoms with van der Waals surface area (Å²) < 4.78 is 0. The molecule has 0 fully saturated rings. The van der Waals surface area contributed by atoms with Gasteiger partial charge >= 0.3 is 0 Å². The standard InChI is InChI=1S/C5H6N4/c1-4-9-7-2-3-8(9)5-6-1/h1-2,4-5H,3H2. The van der Waals surface area contributed by atoms with Crippen LogP contribution in [0.2, 0.25) is 0 Å². The lowest BCUT2D eigenvalue weighted by molar-refractivity contribution is 0.154. The molecule has 2 rings (SSSR count). The summed E-state index contributed by atoms with van der Waals surface area (Å²) in [7, 11) is 0. The Bertz CT molecular complexity index is 193. The maximum atomic E-state index is 4.01. The molecule has 4 nitrogen and oxygen atoms in total. The fourth-order valence-electron chi connectivity index (χ4n) is 0.792. The summed E-state index contributed by atoms with van der Waals surface area (Å²) in [5.41, 5.74) is 0. The average Bonchev–Trinajstić information content (AvgIpc) is 2.33. The van der Waals surface area contributed by atoms with Crippen molar-refractivity contribution in [3.05, 3.63) is 12.4 Å². The summed E-state index contributed by atoms with van der Waals surface area (Å²) in [5, 5.41) is 7.66. The van der Waals surface area contributed by atoms with Crippen molar-refractivity contribution in [2.45, 2.75) is 0 Å². The van der Waals surface area contributed by atoms with Crippen molar-refractivity contribution in [3.8, 4) is 0 Å². The molecule has 4 heteroatoms. The van der Waals surface area contributed by atoms with Crippen molar-refractivity contribution in [2.24, 2.45) is 10.1 Å². The van der Waals surface area contributed by atoms with Gasteiger partial charge in [-0.05, 0) is 0 Å². The van der Waals surface area contributed by atoms with Crippen LogP contribution in [0.4, 0.5) is 0 Å². The molecule has 2 aliphatic heterocycles. The van der Waals surface area contributed by atoms with E-state index in [1.54, 1.807) is 17.7 Å². The quantitative estimate of drug-likeness (QED) is 0.453. The zero-order chi connectivity index (χ0) is 6.10. The molecule has 0 aliphatic carbocycles. The lowest BCUT2D eigenvalue weighted by Crippen LogP contribution is -2.31. The molecule has 0 unspecified atom stereocenters. The molecule has 0 spiro atoms. The number of fused-ring (bicyclic) bond motifs is 1. The molecule has 0 atom stereocenters. The Balaban J connectivity index is 2.25. The first-order valence-electron chi connectivity index (χ1n) is 2.75. The summed E-state index contributed by atoms with van der Waals surface area (Å²) in [6.45, 7) is 0.827. The molecule has 0 aromatic heterocycles. The second-order valence-corrected chi connectivity index (χ2v) is 1.80. The van der Waals surface area contributed by atoms with E-state index in [0.717, 1.165) is 6.54 Å². The van der Waals surface area contributed by atoms with Gasteiger partial charge in [0, 0.05) is 12.4 Å². The predicted octanol–water partition coefficient (Wildman–Crippen LogP) is 0.0179. The van der Waals surface area contributed by atoms with Crippen molar-refractivity contribution in [1.29, 1.82) is 0 Å². The highest BCUT2D eigenvalue weighted by molar-refractivity contribution is 5.69. The third-order valence-electron chi connectivity index (χ3n) is 1.22. The highest BCUT2D eigenvalue weighted by Gasteiger charge is 2.12. The lowest BCUT2D eigenvalue weighted by atomic mass is 10.7. The zero-order valence-corrected chi connectivity index (χ0v) is 4.81. The molecule has 0 aromatic carbocycles. The van der Waals surface area contributed by atoms with Gasteiger partial charge in [-0.25, -0.2) is 10.0 Å². The number of hydrogen-bond donors (Lipinski definition) is 0. The number of hydrazone groups is 1. The highest BCUT2D eigenvalue weighted by atomic mass is 15.8. The van der Waals surface area contributed by atoms with E-state index in [9.17, 15) is 0 Å².